The summed E-state index contributed by atoms with van der Waals surface area (Å²) in [4.78, 5) is 4.00. The van der Waals surface area contributed by atoms with Crippen molar-refractivity contribution >= 4 is 17.7 Å². The average Bonchev–Trinajstić information content (AvgIpc) is 3.06. The molecule has 0 saturated heterocycles. The standard InChI is InChI=1S/C12H11FN6S/c13-8-1-3-10(4-2-8)19-6-5-9(18-19)7-20-12-15-11(14)16-17-12/h1-6H,7H2,(H3,14,15,16,17). The number of H-pyrrole nitrogens is 1. The predicted molar refractivity (Wildman–Crippen MR) is 73.9 cm³/mol. The molecule has 0 bridgehead atoms. The molecular weight excluding hydrogens is 279 g/mol. The molecule has 0 spiro atoms. The highest BCUT2D eigenvalue weighted by atomic mass is 32.2. The van der Waals surface area contributed by atoms with Crippen molar-refractivity contribution in [2.45, 2.75) is 10.9 Å². The van der Waals surface area contributed by atoms with Crippen LogP contribution in [0.15, 0.2) is 41.7 Å². The molecule has 0 aliphatic rings. The molecule has 0 atom stereocenters. The SMILES string of the molecule is Nc1nc(SCc2ccn(-c3ccc(F)cc3)n2)n[nH]1. The maximum Gasteiger partial charge on any atom is 0.216 e. The van der Waals surface area contributed by atoms with Crippen LogP contribution in [0.25, 0.3) is 5.69 Å². The fraction of sp³-hybridized carbons (Fsp3) is 0.0833. The Balaban J connectivity index is 1.69. The van der Waals surface area contributed by atoms with Crippen molar-refractivity contribution in [1.82, 2.24) is 25.0 Å². The molecule has 0 aliphatic carbocycles. The Kier molecular flexibility index (Phi) is 3.38. The Morgan fingerprint density at radius 1 is 1.25 bits per heavy atom. The first-order valence-electron chi connectivity index (χ1n) is 5.82. The normalized spacial score (nSPS) is 10.8. The zero-order chi connectivity index (χ0) is 13.9. The van der Waals surface area contributed by atoms with Crippen LogP contribution in [-0.4, -0.2) is 25.0 Å². The van der Waals surface area contributed by atoms with Gasteiger partial charge in [0.25, 0.3) is 0 Å². The van der Waals surface area contributed by atoms with Gasteiger partial charge in [-0.3, -0.25) is 0 Å². The molecule has 0 unspecified atom stereocenters. The van der Waals surface area contributed by atoms with Crippen LogP contribution in [0.2, 0.25) is 0 Å². The van der Waals surface area contributed by atoms with Crippen LogP contribution in [0.3, 0.4) is 0 Å². The number of rotatable bonds is 4. The largest absolute Gasteiger partial charge is 0.368 e. The van der Waals surface area contributed by atoms with E-state index in [0.717, 1.165) is 11.4 Å². The Morgan fingerprint density at radius 2 is 2.05 bits per heavy atom. The fourth-order valence-electron chi connectivity index (χ4n) is 1.64. The van der Waals surface area contributed by atoms with Crippen LogP contribution >= 0.6 is 11.8 Å². The molecule has 0 radical (unpaired) electrons. The Morgan fingerprint density at radius 3 is 2.75 bits per heavy atom. The summed E-state index contributed by atoms with van der Waals surface area (Å²) in [5.74, 6) is 0.661. The molecule has 2 aromatic heterocycles. The van der Waals surface area contributed by atoms with Crippen LogP contribution in [0.1, 0.15) is 5.69 Å². The molecule has 102 valence electrons. The van der Waals surface area contributed by atoms with Gasteiger partial charge in [-0.2, -0.15) is 10.1 Å². The summed E-state index contributed by atoms with van der Waals surface area (Å²) in [5, 5.41) is 11.5. The molecule has 20 heavy (non-hydrogen) atoms. The van der Waals surface area contributed by atoms with E-state index in [0.29, 0.717) is 16.9 Å². The van der Waals surface area contributed by atoms with Crippen molar-refractivity contribution in [2.75, 3.05) is 5.73 Å². The lowest BCUT2D eigenvalue weighted by atomic mass is 10.3. The highest BCUT2D eigenvalue weighted by Crippen LogP contribution is 2.19. The van der Waals surface area contributed by atoms with E-state index in [1.54, 1.807) is 16.8 Å². The molecule has 3 aromatic rings. The van der Waals surface area contributed by atoms with Gasteiger partial charge in [-0.1, -0.05) is 11.8 Å². The second kappa shape index (κ2) is 5.33. The third kappa shape index (κ3) is 2.80. The van der Waals surface area contributed by atoms with Crippen LogP contribution in [0, 0.1) is 5.82 Å². The number of nitrogens with two attached hydrogens (primary N) is 1. The molecule has 1 aromatic carbocycles. The molecule has 3 N–H and O–H groups in total. The minimum Gasteiger partial charge on any atom is -0.368 e. The van der Waals surface area contributed by atoms with Crippen molar-refractivity contribution in [3.8, 4) is 5.69 Å². The molecule has 3 rings (SSSR count). The number of hydrogen-bond donors (Lipinski definition) is 2. The summed E-state index contributed by atoms with van der Waals surface area (Å²) in [7, 11) is 0. The lowest BCUT2D eigenvalue weighted by molar-refractivity contribution is 0.627. The van der Waals surface area contributed by atoms with Gasteiger partial charge in [0.05, 0.1) is 11.4 Å². The average molecular weight is 290 g/mol. The minimum atomic E-state index is -0.265. The van der Waals surface area contributed by atoms with Crippen molar-refractivity contribution in [3.05, 3.63) is 48.0 Å². The van der Waals surface area contributed by atoms with E-state index >= 15 is 0 Å². The van der Waals surface area contributed by atoms with Crippen LogP contribution < -0.4 is 5.73 Å². The second-order valence-electron chi connectivity index (χ2n) is 4.02. The van der Waals surface area contributed by atoms with Gasteiger partial charge in [0.15, 0.2) is 0 Å². The first kappa shape index (κ1) is 12.7. The Hall–Kier alpha value is -2.35. The Bertz CT molecular complexity index is 705. The van der Waals surface area contributed by atoms with Crippen LogP contribution in [0.5, 0.6) is 0 Å². The number of aromatic nitrogens is 5. The molecule has 0 fully saturated rings. The topological polar surface area (TPSA) is 85.4 Å². The summed E-state index contributed by atoms with van der Waals surface area (Å²) in [5.41, 5.74) is 7.13. The lowest BCUT2D eigenvalue weighted by Crippen LogP contribution is -1.95. The van der Waals surface area contributed by atoms with Gasteiger partial charge in [0.1, 0.15) is 5.82 Å². The quantitative estimate of drug-likeness (QED) is 0.718. The summed E-state index contributed by atoms with van der Waals surface area (Å²) < 4.78 is 14.6. The zero-order valence-corrected chi connectivity index (χ0v) is 11.1. The van der Waals surface area contributed by atoms with Crippen molar-refractivity contribution < 1.29 is 4.39 Å². The number of aromatic amines is 1. The fourth-order valence-corrected chi connectivity index (χ4v) is 2.34. The zero-order valence-electron chi connectivity index (χ0n) is 10.3. The summed E-state index contributed by atoms with van der Waals surface area (Å²) in [6.45, 7) is 0. The van der Waals surface area contributed by atoms with Gasteiger partial charge in [-0.05, 0) is 30.3 Å². The third-order valence-electron chi connectivity index (χ3n) is 2.57. The van der Waals surface area contributed by atoms with Crippen molar-refractivity contribution in [2.24, 2.45) is 0 Å². The number of nitrogens with one attached hydrogen (secondary N) is 1. The maximum absolute atomic E-state index is 12.9. The monoisotopic (exact) mass is 290 g/mol. The summed E-state index contributed by atoms with van der Waals surface area (Å²) in [6.07, 6.45) is 1.83. The number of halogens is 1. The van der Waals surface area contributed by atoms with E-state index in [1.807, 2.05) is 12.3 Å². The molecule has 6 nitrogen and oxygen atoms in total. The van der Waals surface area contributed by atoms with E-state index in [9.17, 15) is 4.39 Å². The minimum absolute atomic E-state index is 0.265. The number of hydrogen-bond acceptors (Lipinski definition) is 5. The van der Waals surface area contributed by atoms with E-state index in [-0.39, 0.29) is 5.82 Å². The highest BCUT2D eigenvalue weighted by molar-refractivity contribution is 7.98. The maximum atomic E-state index is 12.9. The van der Waals surface area contributed by atoms with E-state index < -0.39 is 0 Å². The lowest BCUT2D eigenvalue weighted by Gasteiger charge is -2.00. The van der Waals surface area contributed by atoms with Gasteiger partial charge >= 0.3 is 0 Å². The van der Waals surface area contributed by atoms with E-state index in [2.05, 4.69) is 20.3 Å². The van der Waals surface area contributed by atoms with Crippen LogP contribution in [-0.2, 0) is 5.75 Å². The number of nitrogen functional groups attached to an aromatic ring is 1. The second-order valence-corrected chi connectivity index (χ2v) is 4.96. The van der Waals surface area contributed by atoms with Gasteiger partial charge in [-0.15, -0.1) is 5.10 Å². The van der Waals surface area contributed by atoms with E-state index in [1.165, 1.54) is 23.9 Å². The smallest absolute Gasteiger partial charge is 0.216 e. The first-order chi connectivity index (χ1) is 9.70. The molecule has 0 saturated carbocycles. The Labute approximate surface area is 118 Å². The number of anilines is 1. The summed E-state index contributed by atoms with van der Waals surface area (Å²) >= 11 is 1.44. The number of benzene rings is 1. The molecule has 2 heterocycles. The van der Waals surface area contributed by atoms with Gasteiger partial charge in [-0.25, -0.2) is 14.2 Å². The highest BCUT2D eigenvalue weighted by Gasteiger charge is 2.05. The first-order valence-corrected chi connectivity index (χ1v) is 6.80. The van der Waals surface area contributed by atoms with Gasteiger partial charge in [0.2, 0.25) is 11.1 Å². The molecule has 0 aliphatic heterocycles. The molecular formula is C12H11FN6S. The number of thioether (sulfide) groups is 1. The van der Waals surface area contributed by atoms with E-state index in [4.69, 9.17) is 5.73 Å². The predicted octanol–water partition coefficient (Wildman–Crippen LogP) is 2.00. The summed E-state index contributed by atoms with van der Waals surface area (Å²) in [6, 6.07) is 8.06. The van der Waals surface area contributed by atoms with Crippen molar-refractivity contribution in [3.63, 3.8) is 0 Å². The molecule has 0 amide bonds. The number of nitrogens with zero attached hydrogens (tertiary/aromatic N) is 4. The van der Waals surface area contributed by atoms with Gasteiger partial charge < -0.3 is 5.73 Å². The third-order valence-corrected chi connectivity index (χ3v) is 3.45. The van der Waals surface area contributed by atoms with Crippen molar-refractivity contribution in [1.29, 1.82) is 0 Å². The van der Waals surface area contributed by atoms with Crippen LogP contribution in [0.4, 0.5) is 10.3 Å². The van der Waals surface area contributed by atoms with Gasteiger partial charge in [0, 0.05) is 11.9 Å². The molecule has 8 heteroatoms.